The molecule has 1 fully saturated rings. The van der Waals surface area contributed by atoms with Gasteiger partial charge in [-0.15, -0.1) is 0 Å². The molecule has 1 aromatic rings. The highest BCUT2D eigenvalue weighted by Crippen LogP contribution is 2.29. The second kappa shape index (κ2) is 6.06. The predicted molar refractivity (Wildman–Crippen MR) is 75.1 cm³/mol. The summed E-state index contributed by atoms with van der Waals surface area (Å²) in [5.74, 6) is -0.544. The highest BCUT2D eigenvalue weighted by molar-refractivity contribution is 9.10. The first-order valence-corrected chi connectivity index (χ1v) is 6.87. The van der Waals surface area contributed by atoms with Crippen molar-refractivity contribution in [1.29, 1.82) is 0 Å². The van der Waals surface area contributed by atoms with E-state index in [1.165, 1.54) is 4.90 Å². The number of benzene rings is 1. The number of rotatable bonds is 5. The first-order chi connectivity index (χ1) is 9.04. The van der Waals surface area contributed by atoms with Crippen molar-refractivity contribution in [2.45, 2.75) is 12.8 Å². The average molecular weight is 327 g/mol. The predicted octanol–water partition coefficient (Wildman–Crippen LogP) is 2.78. The molecule has 0 saturated heterocycles. The molecule has 2 N–H and O–H groups in total. The zero-order chi connectivity index (χ0) is 13.8. The third kappa shape index (κ3) is 4.55. The molecular formula is C13H15BrN2O3. The number of hydrogen-bond acceptors (Lipinski definition) is 2. The van der Waals surface area contributed by atoms with E-state index < -0.39 is 5.97 Å². The topological polar surface area (TPSA) is 69.6 Å². The molecular weight excluding hydrogens is 312 g/mol. The zero-order valence-electron chi connectivity index (χ0n) is 10.3. The fourth-order valence-electron chi connectivity index (χ4n) is 1.76. The van der Waals surface area contributed by atoms with Crippen LogP contribution in [0.3, 0.4) is 0 Å². The number of carbonyl (C=O) groups excluding carboxylic acids is 1. The van der Waals surface area contributed by atoms with Crippen LogP contribution in [0.15, 0.2) is 28.7 Å². The van der Waals surface area contributed by atoms with Crippen LogP contribution in [0.5, 0.6) is 0 Å². The summed E-state index contributed by atoms with van der Waals surface area (Å²) in [4.78, 5) is 24.2. The Morgan fingerprint density at radius 1 is 1.42 bits per heavy atom. The Balaban J connectivity index is 1.99. The molecule has 102 valence electrons. The van der Waals surface area contributed by atoms with E-state index in [1.54, 1.807) is 12.1 Å². The highest BCUT2D eigenvalue weighted by Gasteiger charge is 2.27. The Morgan fingerprint density at radius 3 is 2.74 bits per heavy atom. The van der Waals surface area contributed by atoms with E-state index in [1.807, 2.05) is 12.1 Å². The average Bonchev–Trinajstić information content (AvgIpc) is 3.11. The molecule has 0 heterocycles. The maximum atomic E-state index is 12.1. The molecule has 1 aliphatic carbocycles. The molecule has 0 unspecified atom stereocenters. The summed E-state index contributed by atoms with van der Waals surface area (Å²) in [5, 5.41) is 11.6. The number of urea groups is 1. The number of halogens is 1. The van der Waals surface area contributed by atoms with Crippen LogP contribution < -0.4 is 5.32 Å². The molecule has 1 saturated carbocycles. The van der Waals surface area contributed by atoms with E-state index in [2.05, 4.69) is 21.2 Å². The van der Waals surface area contributed by atoms with Crippen molar-refractivity contribution < 1.29 is 14.7 Å². The summed E-state index contributed by atoms with van der Waals surface area (Å²) in [6.45, 7) is 0.239. The van der Waals surface area contributed by atoms with Crippen molar-refractivity contribution in [3.63, 3.8) is 0 Å². The summed E-state index contributed by atoms with van der Waals surface area (Å²) < 4.78 is 0.859. The standard InChI is InChI=1S/C13H15BrN2O3/c14-10-2-1-3-11(6-10)15-13(19)16(8-12(17)18)7-9-4-5-9/h1-3,6,9H,4-5,7-8H2,(H,15,19)(H,17,18). The number of hydrogen-bond donors (Lipinski definition) is 2. The van der Waals surface area contributed by atoms with Crippen LogP contribution >= 0.6 is 15.9 Å². The van der Waals surface area contributed by atoms with Crippen molar-refractivity contribution >= 4 is 33.6 Å². The Labute approximate surface area is 119 Å². The van der Waals surface area contributed by atoms with Crippen LogP contribution in [-0.4, -0.2) is 35.1 Å². The molecule has 1 aromatic carbocycles. The normalized spacial score (nSPS) is 13.9. The van der Waals surface area contributed by atoms with Crippen molar-refractivity contribution in [3.05, 3.63) is 28.7 Å². The molecule has 0 bridgehead atoms. The van der Waals surface area contributed by atoms with Gasteiger partial charge in [-0.2, -0.15) is 0 Å². The summed E-state index contributed by atoms with van der Waals surface area (Å²) in [6, 6.07) is 6.83. The molecule has 0 aromatic heterocycles. The van der Waals surface area contributed by atoms with Crippen LogP contribution in [0.4, 0.5) is 10.5 Å². The minimum Gasteiger partial charge on any atom is -0.480 e. The van der Waals surface area contributed by atoms with Gasteiger partial charge in [-0.3, -0.25) is 4.79 Å². The number of amides is 2. The number of nitrogens with one attached hydrogen (secondary N) is 1. The van der Waals surface area contributed by atoms with E-state index in [9.17, 15) is 9.59 Å². The zero-order valence-corrected chi connectivity index (χ0v) is 11.9. The van der Waals surface area contributed by atoms with Gasteiger partial charge in [-0.05, 0) is 37.0 Å². The maximum Gasteiger partial charge on any atom is 0.323 e. The number of nitrogens with zero attached hydrogens (tertiary/aromatic N) is 1. The van der Waals surface area contributed by atoms with Gasteiger partial charge in [-0.1, -0.05) is 22.0 Å². The lowest BCUT2D eigenvalue weighted by molar-refractivity contribution is -0.137. The molecule has 0 radical (unpaired) electrons. The molecule has 2 amide bonds. The van der Waals surface area contributed by atoms with Gasteiger partial charge in [0.15, 0.2) is 0 Å². The summed E-state index contributed by atoms with van der Waals surface area (Å²) >= 11 is 3.32. The summed E-state index contributed by atoms with van der Waals surface area (Å²) in [5.41, 5.74) is 0.644. The first kappa shape index (κ1) is 13.9. The van der Waals surface area contributed by atoms with Crippen LogP contribution in [0.2, 0.25) is 0 Å². The van der Waals surface area contributed by atoms with E-state index in [0.717, 1.165) is 17.3 Å². The fraction of sp³-hybridized carbons (Fsp3) is 0.385. The Bertz CT molecular complexity index is 489. The van der Waals surface area contributed by atoms with Gasteiger partial charge in [0.2, 0.25) is 0 Å². The molecule has 1 aliphatic rings. The minimum absolute atomic E-state index is 0.268. The highest BCUT2D eigenvalue weighted by atomic mass is 79.9. The molecule has 5 nitrogen and oxygen atoms in total. The lowest BCUT2D eigenvalue weighted by Crippen LogP contribution is -2.40. The minimum atomic E-state index is -0.995. The second-order valence-corrected chi connectivity index (χ2v) is 5.57. The number of aliphatic carboxylic acids is 1. The fourth-order valence-corrected chi connectivity index (χ4v) is 2.16. The lowest BCUT2D eigenvalue weighted by atomic mass is 10.3. The monoisotopic (exact) mass is 326 g/mol. The van der Waals surface area contributed by atoms with Gasteiger partial charge < -0.3 is 15.3 Å². The second-order valence-electron chi connectivity index (χ2n) is 4.66. The van der Waals surface area contributed by atoms with Crippen molar-refractivity contribution in [2.75, 3.05) is 18.4 Å². The number of carbonyl (C=O) groups is 2. The molecule has 0 atom stereocenters. The third-order valence-electron chi connectivity index (χ3n) is 2.86. The Hall–Kier alpha value is -1.56. The number of anilines is 1. The summed E-state index contributed by atoms with van der Waals surface area (Å²) in [7, 11) is 0. The van der Waals surface area contributed by atoms with Gasteiger partial charge in [0.25, 0.3) is 0 Å². The first-order valence-electron chi connectivity index (χ1n) is 6.08. The van der Waals surface area contributed by atoms with Crippen molar-refractivity contribution in [2.24, 2.45) is 5.92 Å². The van der Waals surface area contributed by atoms with Crippen molar-refractivity contribution in [1.82, 2.24) is 4.90 Å². The van der Waals surface area contributed by atoms with E-state index in [0.29, 0.717) is 18.2 Å². The Kier molecular flexibility index (Phi) is 4.42. The molecule has 6 heteroatoms. The smallest absolute Gasteiger partial charge is 0.323 e. The van der Waals surface area contributed by atoms with Gasteiger partial charge >= 0.3 is 12.0 Å². The van der Waals surface area contributed by atoms with E-state index in [4.69, 9.17) is 5.11 Å². The van der Waals surface area contributed by atoms with Gasteiger partial charge in [0.05, 0.1) is 0 Å². The van der Waals surface area contributed by atoms with Crippen LogP contribution in [0.1, 0.15) is 12.8 Å². The molecule has 0 aliphatic heterocycles. The van der Waals surface area contributed by atoms with Gasteiger partial charge in [-0.25, -0.2) is 4.79 Å². The van der Waals surface area contributed by atoms with Crippen molar-refractivity contribution in [3.8, 4) is 0 Å². The number of carboxylic acids is 1. The third-order valence-corrected chi connectivity index (χ3v) is 3.36. The van der Waals surface area contributed by atoms with Crippen LogP contribution in [0.25, 0.3) is 0 Å². The van der Waals surface area contributed by atoms with E-state index in [-0.39, 0.29) is 12.6 Å². The molecule has 0 spiro atoms. The largest absolute Gasteiger partial charge is 0.480 e. The van der Waals surface area contributed by atoms with Gasteiger partial charge in [0.1, 0.15) is 6.54 Å². The lowest BCUT2D eigenvalue weighted by Gasteiger charge is -2.21. The van der Waals surface area contributed by atoms with Crippen LogP contribution in [0, 0.1) is 5.92 Å². The van der Waals surface area contributed by atoms with Crippen LogP contribution in [-0.2, 0) is 4.79 Å². The SMILES string of the molecule is O=C(O)CN(CC1CC1)C(=O)Nc1cccc(Br)c1. The number of carboxylic acid groups (broad SMARTS) is 1. The summed E-state index contributed by atoms with van der Waals surface area (Å²) in [6.07, 6.45) is 2.14. The molecule has 19 heavy (non-hydrogen) atoms. The maximum absolute atomic E-state index is 12.1. The van der Waals surface area contributed by atoms with Gasteiger partial charge in [0, 0.05) is 16.7 Å². The van der Waals surface area contributed by atoms with E-state index >= 15 is 0 Å². The molecule has 2 rings (SSSR count). The quantitative estimate of drug-likeness (QED) is 0.874. The Morgan fingerprint density at radius 2 is 2.16 bits per heavy atom.